The molecule has 1 aliphatic rings. The third-order valence-electron chi connectivity index (χ3n) is 4.46. The highest BCUT2D eigenvalue weighted by atomic mass is 32.1. The number of nitrogens with zero attached hydrogens (tertiary/aromatic N) is 4. The first-order chi connectivity index (χ1) is 11.4. The summed E-state index contributed by atoms with van der Waals surface area (Å²) in [6.07, 6.45) is 5.98. The summed E-state index contributed by atoms with van der Waals surface area (Å²) in [6.45, 7) is 3.17. The molecule has 4 rings (SSSR count). The van der Waals surface area contributed by atoms with Crippen molar-refractivity contribution in [1.29, 1.82) is 0 Å². The van der Waals surface area contributed by atoms with Crippen LogP contribution < -0.4 is 0 Å². The first-order valence-electron chi connectivity index (χ1n) is 7.93. The fourth-order valence-electron chi connectivity index (χ4n) is 3.16. The lowest BCUT2D eigenvalue weighted by Gasteiger charge is -2.30. The number of likely N-dealkylation sites (tertiary alicyclic amines) is 1. The fourth-order valence-corrected chi connectivity index (χ4v) is 3.80. The lowest BCUT2D eigenvalue weighted by molar-refractivity contribution is 0.201. The van der Waals surface area contributed by atoms with Crippen LogP contribution in [0.2, 0.25) is 0 Å². The minimum absolute atomic E-state index is 0.631. The predicted molar refractivity (Wildman–Crippen MR) is 91.2 cm³/mol. The number of rotatable bonds is 4. The fraction of sp³-hybridized carbons (Fsp3) is 0.353. The molecule has 0 aliphatic carbocycles. The zero-order valence-electron chi connectivity index (χ0n) is 12.9. The van der Waals surface area contributed by atoms with Gasteiger partial charge in [0.2, 0.25) is 0 Å². The van der Waals surface area contributed by atoms with Gasteiger partial charge >= 0.3 is 0 Å². The van der Waals surface area contributed by atoms with Gasteiger partial charge in [0.1, 0.15) is 0 Å². The van der Waals surface area contributed by atoms with Crippen LogP contribution in [-0.4, -0.2) is 38.2 Å². The van der Waals surface area contributed by atoms with Gasteiger partial charge in [0.25, 0.3) is 0 Å². The molecule has 0 saturated carbocycles. The van der Waals surface area contributed by atoms with Crippen molar-refractivity contribution in [3.8, 4) is 11.3 Å². The summed E-state index contributed by atoms with van der Waals surface area (Å²) in [5.74, 6) is 0.631. The molecule has 0 bridgehead atoms. The zero-order chi connectivity index (χ0) is 15.5. The van der Waals surface area contributed by atoms with Crippen LogP contribution in [0.25, 0.3) is 11.3 Å². The Bertz CT molecular complexity index is 729. The molecule has 6 heteroatoms. The van der Waals surface area contributed by atoms with E-state index in [4.69, 9.17) is 0 Å². The summed E-state index contributed by atoms with van der Waals surface area (Å²) in [5.41, 5.74) is 6.47. The Balaban J connectivity index is 1.36. The van der Waals surface area contributed by atoms with Crippen molar-refractivity contribution < 1.29 is 0 Å². The molecule has 0 atom stereocenters. The Morgan fingerprint density at radius 3 is 2.78 bits per heavy atom. The Morgan fingerprint density at radius 2 is 2.04 bits per heavy atom. The van der Waals surface area contributed by atoms with Gasteiger partial charge in [-0.05, 0) is 44.1 Å². The van der Waals surface area contributed by atoms with Gasteiger partial charge in [-0.15, -0.1) is 11.3 Å². The van der Waals surface area contributed by atoms with Gasteiger partial charge in [-0.1, -0.05) is 0 Å². The van der Waals surface area contributed by atoms with E-state index in [2.05, 4.69) is 36.5 Å². The standard InChI is InChI=1S/C17H19N5S/c1-5-18-6-2-13(1)16-9-15(20-21-16)10-22-7-3-14(4-8-22)17-11-23-12-19-17/h1-2,5-6,9,11-12,14H,3-4,7-8,10H2,(H,20,21). The van der Waals surface area contributed by atoms with Gasteiger partial charge in [-0.2, -0.15) is 5.10 Å². The van der Waals surface area contributed by atoms with Crippen LogP contribution in [0.1, 0.15) is 30.1 Å². The van der Waals surface area contributed by atoms with E-state index < -0.39 is 0 Å². The molecule has 1 N–H and O–H groups in total. The van der Waals surface area contributed by atoms with Gasteiger partial charge in [0.05, 0.1) is 16.9 Å². The van der Waals surface area contributed by atoms with Crippen molar-refractivity contribution in [3.63, 3.8) is 0 Å². The lowest BCUT2D eigenvalue weighted by atomic mass is 9.94. The van der Waals surface area contributed by atoms with Crippen molar-refractivity contribution in [1.82, 2.24) is 25.1 Å². The van der Waals surface area contributed by atoms with E-state index in [-0.39, 0.29) is 0 Å². The number of H-pyrrole nitrogens is 1. The topological polar surface area (TPSA) is 57.7 Å². The number of aromatic nitrogens is 4. The van der Waals surface area contributed by atoms with E-state index in [0.717, 1.165) is 30.9 Å². The minimum Gasteiger partial charge on any atom is -0.297 e. The number of pyridine rings is 1. The molecule has 1 aliphatic heterocycles. The first-order valence-corrected chi connectivity index (χ1v) is 8.88. The van der Waals surface area contributed by atoms with Gasteiger partial charge in [-0.3, -0.25) is 15.0 Å². The third-order valence-corrected chi connectivity index (χ3v) is 5.06. The van der Waals surface area contributed by atoms with E-state index in [1.807, 2.05) is 17.6 Å². The second-order valence-corrected chi connectivity index (χ2v) is 6.70. The maximum atomic E-state index is 4.46. The molecule has 1 fully saturated rings. The second-order valence-electron chi connectivity index (χ2n) is 5.98. The highest BCUT2D eigenvalue weighted by Crippen LogP contribution is 2.28. The van der Waals surface area contributed by atoms with Crippen LogP contribution in [0.4, 0.5) is 0 Å². The number of aromatic amines is 1. The smallest absolute Gasteiger partial charge is 0.0925 e. The van der Waals surface area contributed by atoms with Gasteiger partial charge in [0, 0.05) is 41.5 Å². The number of hydrogen-bond acceptors (Lipinski definition) is 5. The maximum Gasteiger partial charge on any atom is 0.0925 e. The molecular formula is C17H19N5S. The van der Waals surface area contributed by atoms with E-state index in [0.29, 0.717) is 5.92 Å². The van der Waals surface area contributed by atoms with Crippen LogP contribution >= 0.6 is 11.3 Å². The maximum absolute atomic E-state index is 4.46. The van der Waals surface area contributed by atoms with Crippen molar-refractivity contribution in [2.45, 2.75) is 25.3 Å². The normalized spacial score (nSPS) is 16.7. The van der Waals surface area contributed by atoms with Crippen molar-refractivity contribution in [3.05, 3.63) is 52.9 Å². The molecule has 1 saturated heterocycles. The first kappa shape index (κ1) is 14.5. The summed E-state index contributed by atoms with van der Waals surface area (Å²) in [4.78, 5) is 11.0. The van der Waals surface area contributed by atoms with E-state index in [1.54, 1.807) is 23.7 Å². The van der Waals surface area contributed by atoms with Crippen molar-refractivity contribution in [2.75, 3.05) is 13.1 Å². The van der Waals surface area contributed by atoms with Crippen LogP contribution in [-0.2, 0) is 6.54 Å². The average Bonchev–Trinajstić information content (AvgIpc) is 3.28. The molecule has 23 heavy (non-hydrogen) atoms. The highest BCUT2D eigenvalue weighted by Gasteiger charge is 2.22. The molecule has 0 spiro atoms. The summed E-state index contributed by atoms with van der Waals surface area (Å²) in [5, 5.41) is 9.78. The number of thiazole rings is 1. The molecule has 5 nitrogen and oxygen atoms in total. The number of nitrogens with one attached hydrogen (secondary N) is 1. The molecule has 4 heterocycles. The summed E-state index contributed by atoms with van der Waals surface area (Å²) < 4.78 is 0. The van der Waals surface area contributed by atoms with E-state index in [9.17, 15) is 0 Å². The summed E-state index contributed by atoms with van der Waals surface area (Å²) >= 11 is 1.69. The summed E-state index contributed by atoms with van der Waals surface area (Å²) in [6, 6.07) is 6.11. The van der Waals surface area contributed by atoms with Crippen LogP contribution in [0, 0.1) is 0 Å². The molecule has 3 aromatic rings. The van der Waals surface area contributed by atoms with Crippen LogP contribution in [0.5, 0.6) is 0 Å². The molecule has 0 unspecified atom stereocenters. The zero-order valence-corrected chi connectivity index (χ0v) is 13.7. The largest absolute Gasteiger partial charge is 0.297 e. The Morgan fingerprint density at radius 1 is 1.22 bits per heavy atom. The average molecular weight is 325 g/mol. The predicted octanol–water partition coefficient (Wildman–Crippen LogP) is 3.31. The Kier molecular flexibility index (Phi) is 4.17. The highest BCUT2D eigenvalue weighted by molar-refractivity contribution is 7.07. The van der Waals surface area contributed by atoms with Crippen molar-refractivity contribution in [2.24, 2.45) is 0 Å². The minimum atomic E-state index is 0.631. The molecule has 0 amide bonds. The molecule has 118 valence electrons. The van der Waals surface area contributed by atoms with Crippen LogP contribution in [0.15, 0.2) is 41.5 Å². The van der Waals surface area contributed by atoms with Gasteiger partial charge in [0.15, 0.2) is 0 Å². The van der Waals surface area contributed by atoms with E-state index in [1.165, 1.54) is 24.2 Å². The third kappa shape index (κ3) is 3.33. The monoisotopic (exact) mass is 325 g/mol. The molecular weight excluding hydrogens is 306 g/mol. The Hall–Kier alpha value is -2.05. The second kappa shape index (κ2) is 6.60. The quantitative estimate of drug-likeness (QED) is 0.799. The molecule has 3 aromatic heterocycles. The molecule has 0 aromatic carbocycles. The van der Waals surface area contributed by atoms with Gasteiger partial charge in [-0.25, -0.2) is 4.98 Å². The lowest BCUT2D eigenvalue weighted by Crippen LogP contribution is -2.32. The SMILES string of the molecule is c1cc(-c2cc(CN3CCC(c4cscn4)CC3)[nH]n2)ccn1. The van der Waals surface area contributed by atoms with Crippen LogP contribution in [0.3, 0.4) is 0 Å². The Labute approximate surface area is 139 Å². The number of piperidine rings is 1. The van der Waals surface area contributed by atoms with E-state index >= 15 is 0 Å². The molecule has 0 radical (unpaired) electrons. The summed E-state index contributed by atoms with van der Waals surface area (Å²) in [7, 11) is 0. The van der Waals surface area contributed by atoms with Gasteiger partial charge < -0.3 is 0 Å². The number of hydrogen-bond donors (Lipinski definition) is 1. The van der Waals surface area contributed by atoms with Crippen molar-refractivity contribution >= 4 is 11.3 Å².